The van der Waals surface area contributed by atoms with Gasteiger partial charge in [-0.15, -0.1) is 0 Å². The molecule has 2 aromatic rings. The lowest BCUT2D eigenvalue weighted by atomic mass is 10.2. The molecule has 0 aromatic heterocycles. The Morgan fingerprint density at radius 1 is 1.05 bits per heavy atom. The minimum Gasteiger partial charge on any atom is -0.508 e. The quantitative estimate of drug-likeness (QED) is 0.843. The molecule has 0 atom stereocenters. The highest BCUT2D eigenvalue weighted by Crippen LogP contribution is 2.21. The Balaban J connectivity index is 2.02. The molecule has 0 aliphatic carbocycles. The number of aromatic hydroxyl groups is 1. The first-order chi connectivity index (χ1) is 10.1. The van der Waals surface area contributed by atoms with E-state index >= 15 is 0 Å². The van der Waals surface area contributed by atoms with Crippen molar-refractivity contribution in [1.29, 1.82) is 0 Å². The molecule has 0 fully saturated rings. The summed E-state index contributed by atoms with van der Waals surface area (Å²) in [6, 6.07) is 12.1. The minimum atomic E-state index is -0.346. The molecular formula is C17H21FN2O. The molecule has 112 valence electrons. The molecule has 2 N–H and O–H groups in total. The predicted molar refractivity (Wildman–Crippen MR) is 85.4 cm³/mol. The molecule has 0 saturated carbocycles. The largest absolute Gasteiger partial charge is 0.508 e. The number of benzene rings is 2. The highest BCUT2D eigenvalue weighted by atomic mass is 19.1. The van der Waals surface area contributed by atoms with Gasteiger partial charge in [0.15, 0.2) is 0 Å². The van der Waals surface area contributed by atoms with Gasteiger partial charge in [0.25, 0.3) is 0 Å². The Kier molecular flexibility index (Phi) is 5.04. The van der Waals surface area contributed by atoms with Gasteiger partial charge in [0, 0.05) is 36.6 Å². The monoisotopic (exact) mass is 288 g/mol. The van der Waals surface area contributed by atoms with Crippen molar-refractivity contribution in [3.05, 3.63) is 53.8 Å². The van der Waals surface area contributed by atoms with Crippen LogP contribution in [0.3, 0.4) is 0 Å². The molecular weight excluding hydrogens is 267 g/mol. The van der Waals surface area contributed by atoms with Gasteiger partial charge in [0.1, 0.15) is 11.6 Å². The number of hydrogen-bond donors (Lipinski definition) is 2. The van der Waals surface area contributed by atoms with E-state index < -0.39 is 0 Å². The lowest BCUT2D eigenvalue weighted by Gasteiger charge is -2.21. The van der Waals surface area contributed by atoms with Crippen LogP contribution < -0.4 is 10.2 Å². The Morgan fingerprint density at radius 2 is 1.71 bits per heavy atom. The standard InChI is InChI=1S/C17H21FN2O/c1-3-20(4-2)16-8-6-15(7-9-16)19-12-13-11-14(18)5-10-17(13)21/h5-11,19,21H,3-4,12H2,1-2H3. The second kappa shape index (κ2) is 6.97. The maximum absolute atomic E-state index is 13.1. The van der Waals surface area contributed by atoms with Crippen molar-refractivity contribution in [3.8, 4) is 5.75 Å². The van der Waals surface area contributed by atoms with Gasteiger partial charge >= 0.3 is 0 Å². The molecule has 0 amide bonds. The van der Waals surface area contributed by atoms with E-state index in [1.165, 1.54) is 23.9 Å². The lowest BCUT2D eigenvalue weighted by molar-refractivity contribution is 0.466. The lowest BCUT2D eigenvalue weighted by Crippen LogP contribution is -2.21. The van der Waals surface area contributed by atoms with Gasteiger partial charge in [-0.05, 0) is 56.3 Å². The first kappa shape index (κ1) is 15.2. The third kappa shape index (κ3) is 3.88. The normalized spacial score (nSPS) is 10.4. The SMILES string of the molecule is CCN(CC)c1ccc(NCc2cc(F)ccc2O)cc1. The summed E-state index contributed by atoms with van der Waals surface area (Å²) in [5.74, 6) is -0.245. The number of nitrogens with one attached hydrogen (secondary N) is 1. The summed E-state index contributed by atoms with van der Waals surface area (Å²) in [5, 5.41) is 12.9. The molecule has 4 heteroatoms. The number of phenols is 1. The van der Waals surface area contributed by atoms with E-state index in [1.54, 1.807) is 0 Å². The molecule has 0 saturated heterocycles. The second-order valence-corrected chi connectivity index (χ2v) is 4.85. The fourth-order valence-electron chi connectivity index (χ4n) is 2.27. The van der Waals surface area contributed by atoms with Crippen molar-refractivity contribution in [3.63, 3.8) is 0 Å². The van der Waals surface area contributed by atoms with Crippen LogP contribution in [0.1, 0.15) is 19.4 Å². The molecule has 0 aliphatic heterocycles. The summed E-state index contributed by atoms with van der Waals surface area (Å²) in [7, 11) is 0. The van der Waals surface area contributed by atoms with Crippen molar-refractivity contribution in [1.82, 2.24) is 0 Å². The second-order valence-electron chi connectivity index (χ2n) is 4.85. The van der Waals surface area contributed by atoms with Gasteiger partial charge in [-0.2, -0.15) is 0 Å². The number of nitrogens with zero attached hydrogens (tertiary/aromatic N) is 1. The molecule has 0 aliphatic rings. The van der Waals surface area contributed by atoms with Crippen molar-refractivity contribution < 1.29 is 9.50 Å². The van der Waals surface area contributed by atoms with Crippen LogP contribution in [0.25, 0.3) is 0 Å². The van der Waals surface area contributed by atoms with E-state index in [9.17, 15) is 9.50 Å². The molecule has 0 heterocycles. The Hall–Kier alpha value is -2.23. The summed E-state index contributed by atoms with van der Waals surface area (Å²) < 4.78 is 13.1. The van der Waals surface area contributed by atoms with E-state index in [0.717, 1.165) is 18.8 Å². The molecule has 2 rings (SSSR count). The van der Waals surface area contributed by atoms with E-state index in [2.05, 4.69) is 36.2 Å². The van der Waals surface area contributed by atoms with Crippen LogP contribution in [-0.2, 0) is 6.54 Å². The van der Waals surface area contributed by atoms with Gasteiger partial charge < -0.3 is 15.3 Å². The van der Waals surface area contributed by atoms with Gasteiger partial charge in [-0.25, -0.2) is 4.39 Å². The number of hydrogen-bond acceptors (Lipinski definition) is 3. The fraction of sp³-hybridized carbons (Fsp3) is 0.294. The Morgan fingerprint density at radius 3 is 2.33 bits per heavy atom. The first-order valence-corrected chi connectivity index (χ1v) is 7.20. The Bertz CT molecular complexity index is 580. The highest BCUT2D eigenvalue weighted by Gasteiger charge is 2.04. The van der Waals surface area contributed by atoms with Crippen LogP contribution in [0.15, 0.2) is 42.5 Å². The van der Waals surface area contributed by atoms with Gasteiger partial charge in [-0.1, -0.05) is 0 Å². The number of rotatable bonds is 6. The van der Waals surface area contributed by atoms with Crippen LogP contribution in [0.4, 0.5) is 15.8 Å². The average Bonchev–Trinajstić information content (AvgIpc) is 2.51. The van der Waals surface area contributed by atoms with Crippen molar-refractivity contribution in [2.24, 2.45) is 0 Å². The summed E-state index contributed by atoms with van der Waals surface area (Å²) in [6.07, 6.45) is 0. The predicted octanol–water partition coefficient (Wildman–Crippen LogP) is 3.99. The van der Waals surface area contributed by atoms with Crippen molar-refractivity contribution in [2.75, 3.05) is 23.3 Å². The van der Waals surface area contributed by atoms with Crippen molar-refractivity contribution in [2.45, 2.75) is 20.4 Å². The third-order valence-corrected chi connectivity index (χ3v) is 3.52. The average molecular weight is 288 g/mol. The molecule has 0 bridgehead atoms. The van der Waals surface area contributed by atoms with E-state index in [0.29, 0.717) is 12.1 Å². The minimum absolute atomic E-state index is 0.101. The molecule has 21 heavy (non-hydrogen) atoms. The first-order valence-electron chi connectivity index (χ1n) is 7.20. The molecule has 2 aromatic carbocycles. The molecule has 0 unspecified atom stereocenters. The maximum Gasteiger partial charge on any atom is 0.123 e. The summed E-state index contributed by atoms with van der Waals surface area (Å²) >= 11 is 0. The van der Waals surface area contributed by atoms with Gasteiger partial charge in [0.05, 0.1) is 0 Å². The molecule has 0 spiro atoms. The fourth-order valence-corrected chi connectivity index (χ4v) is 2.27. The zero-order valence-corrected chi connectivity index (χ0v) is 12.4. The number of halogens is 1. The number of phenolic OH excluding ortho intramolecular Hbond substituents is 1. The summed E-state index contributed by atoms with van der Waals surface area (Å²) in [4.78, 5) is 2.27. The van der Waals surface area contributed by atoms with Crippen LogP contribution in [0.5, 0.6) is 5.75 Å². The number of anilines is 2. The van der Waals surface area contributed by atoms with Crippen molar-refractivity contribution >= 4 is 11.4 Å². The highest BCUT2D eigenvalue weighted by molar-refractivity contribution is 5.55. The Labute approximate surface area is 125 Å². The zero-order chi connectivity index (χ0) is 15.2. The van der Waals surface area contributed by atoms with Gasteiger partial charge in [0.2, 0.25) is 0 Å². The topological polar surface area (TPSA) is 35.5 Å². The summed E-state index contributed by atoms with van der Waals surface area (Å²) in [5.41, 5.74) is 2.66. The molecule has 3 nitrogen and oxygen atoms in total. The van der Waals surface area contributed by atoms with Crippen LogP contribution in [0, 0.1) is 5.82 Å². The van der Waals surface area contributed by atoms with Crippen LogP contribution in [0.2, 0.25) is 0 Å². The van der Waals surface area contributed by atoms with Crippen LogP contribution >= 0.6 is 0 Å². The van der Waals surface area contributed by atoms with E-state index in [1.807, 2.05) is 12.1 Å². The van der Waals surface area contributed by atoms with E-state index in [4.69, 9.17) is 0 Å². The third-order valence-electron chi connectivity index (χ3n) is 3.52. The summed E-state index contributed by atoms with van der Waals surface area (Å²) in [6.45, 7) is 6.58. The van der Waals surface area contributed by atoms with Gasteiger partial charge in [-0.3, -0.25) is 0 Å². The maximum atomic E-state index is 13.1. The molecule has 0 radical (unpaired) electrons. The zero-order valence-electron chi connectivity index (χ0n) is 12.4. The smallest absolute Gasteiger partial charge is 0.123 e. The van der Waals surface area contributed by atoms with E-state index in [-0.39, 0.29) is 11.6 Å². The van der Waals surface area contributed by atoms with Crippen LogP contribution in [-0.4, -0.2) is 18.2 Å².